The zero-order valence-corrected chi connectivity index (χ0v) is 14.9. The summed E-state index contributed by atoms with van der Waals surface area (Å²) in [5.74, 6) is 0. The van der Waals surface area contributed by atoms with Crippen molar-refractivity contribution in [2.45, 2.75) is 31.6 Å². The summed E-state index contributed by atoms with van der Waals surface area (Å²) in [4.78, 5) is 36.5. The van der Waals surface area contributed by atoms with Gasteiger partial charge in [-0.15, -0.1) is 0 Å². The summed E-state index contributed by atoms with van der Waals surface area (Å²) in [5.41, 5.74) is -2.56. The third-order valence-corrected chi connectivity index (χ3v) is 4.96. The molecule has 0 aliphatic carbocycles. The summed E-state index contributed by atoms with van der Waals surface area (Å²) >= 11 is 0. The highest BCUT2D eigenvalue weighted by Crippen LogP contribution is 2.35. The van der Waals surface area contributed by atoms with E-state index in [1.165, 1.54) is 53.1 Å². The number of hydrogen-bond donors (Lipinski definition) is 1. The minimum Gasteiger partial charge on any atom is -0.436 e. The van der Waals surface area contributed by atoms with Gasteiger partial charge in [0.2, 0.25) is 0 Å². The molecule has 1 saturated heterocycles. The van der Waals surface area contributed by atoms with Gasteiger partial charge in [0.25, 0.3) is 5.69 Å². The van der Waals surface area contributed by atoms with Gasteiger partial charge in [-0.1, -0.05) is 0 Å². The molecule has 1 aromatic heterocycles. The Balaban J connectivity index is 2.20. The summed E-state index contributed by atoms with van der Waals surface area (Å²) in [6, 6.07) is 4.12. The molecule has 0 spiro atoms. The lowest BCUT2D eigenvalue weighted by Crippen LogP contribution is -2.56. The molecule has 1 aliphatic rings. The van der Waals surface area contributed by atoms with Crippen LogP contribution in [-0.2, 0) is 18.3 Å². The second-order valence-electron chi connectivity index (χ2n) is 7.14. The molecule has 26 heavy (non-hydrogen) atoms. The highest BCUT2D eigenvalue weighted by atomic mass is 16.6. The van der Waals surface area contributed by atoms with E-state index >= 15 is 0 Å². The first-order valence-corrected chi connectivity index (χ1v) is 7.97. The van der Waals surface area contributed by atoms with Crippen LogP contribution in [0, 0.1) is 10.1 Å². The lowest BCUT2D eigenvalue weighted by Gasteiger charge is -2.37. The zero-order valence-electron chi connectivity index (χ0n) is 14.9. The van der Waals surface area contributed by atoms with E-state index in [0.29, 0.717) is 11.0 Å². The quantitative estimate of drug-likeness (QED) is 0.634. The van der Waals surface area contributed by atoms with Crippen molar-refractivity contribution in [2.24, 2.45) is 7.05 Å². The summed E-state index contributed by atoms with van der Waals surface area (Å²) in [5, 5.41) is 21.7. The molecule has 1 aliphatic heterocycles. The van der Waals surface area contributed by atoms with Gasteiger partial charge in [0.05, 0.1) is 29.0 Å². The summed E-state index contributed by atoms with van der Waals surface area (Å²) in [6.07, 6.45) is -0.605. The number of ether oxygens (including phenoxy) is 1. The van der Waals surface area contributed by atoms with Gasteiger partial charge in [0.1, 0.15) is 5.60 Å². The van der Waals surface area contributed by atoms with E-state index in [2.05, 4.69) is 0 Å². The van der Waals surface area contributed by atoms with Gasteiger partial charge in [-0.25, -0.2) is 9.59 Å². The SMILES string of the molecule is CN1CC(Cn2c(=O)n(C)c3ccc([N+](=O)[O-])cc32)(C(C)(C)O)OC1=O. The fourth-order valence-electron chi connectivity index (χ4n) is 3.24. The Kier molecular flexibility index (Phi) is 3.83. The number of benzene rings is 1. The van der Waals surface area contributed by atoms with Gasteiger partial charge in [-0.05, 0) is 19.9 Å². The highest BCUT2D eigenvalue weighted by Gasteiger charge is 2.54. The summed E-state index contributed by atoms with van der Waals surface area (Å²) in [7, 11) is 3.09. The first-order chi connectivity index (χ1) is 12.0. The third-order valence-electron chi connectivity index (χ3n) is 4.96. The number of hydrogen-bond acceptors (Lipinski definition) is 6. The number of imidazole rings is 1. The fraction of sp³-hybridized carbons (Fsp3) is 0.500. The standard InChI is InChI=1S/C16H20N4O6/c1-15(2,23)16(8-17(3)14(22)26-16)9-19-12-7-10(20(24)25)5-6-11(12)18(4)13(19)21/h5-7,23H,8-9H2,1-4H3. The molecule has 1 amide bonds. The van der Waals surface area contributed by atoms with Crippen molar-refractivity contribution in [1.82, 2.24) is 14.0 Å². The van der Waals surface area contributed by atoms with Gasteiger partial charge in [0, 0.05) is 26.2 Å². The number of aliphatic hydroxyl groups is 1. The average molecular weight is 364 g/mol. The lowest BCUT2D eigenvalue weighted by atomic mass is 9.85. The monoisotopic (exact) mass is 364 g/mol. The normalized spacial score (nSPS) is 20.7. The number of nitrogens with zero attached hydrogens (tertiary/aromatic N) is 4. The van der Waals surface area contributed by atoms with Gasteiger partial charge in [-0.2, -0.15) is 0 Å². The van der Waals surface area contributed by atoms with Crippen molar-refractivity contribution in [2.75, 3.05) is 13.6 Å². The van der Waals surface area contributed by atoms with Crippen LogP contribution in [0.4, 0.5) is 10.5 Å². The van der Waals surface area contributed by atoms with Crippen LogP contribution in [-0.4, -0.2) is 55.0 Å². The maximum Gasteiger partial charge on any atom is 0.410 e. The topological polar surface area (TPSA) is 120 Å². The van der Waals surface area contributed by atoms with E-state index in [9.17, 15) is 24.8 Å². The Morgan fingerprint density at radius 1 is 1.31 bits per heavy atom. The molecule has 0 saturated carbocycles. The van der Waals surface area contributed by atoms with Crippen LogP contribution in [0.5, 0.6) is 0 Å². The zero-order chi connectivity index (χ0) is 19.4. The predicted octanol–water partition coefficient (Wildman–Crippen LogP) is 0.840. The number of fused-ring (bicyclic) bond motifs is 1. The molecule has 140 valence electrons. The molecule has 2 aromatic rings. The minimum atomic E-state index is -1.45. The predicted molar refractivity (Wildman–Crippen MR) is 92.0 cm³/mol. The fourth-order valence-corrected chi connectivity index (χ4v) is 3.24. The Bertz CT molecular complexity index is 970. The first-order valence-electron chi connectivity index (χ1n) is 7.97. The molecule has 10 heteroatoms. The van der Waals surface area contributed by atoms with Crippen LogP contribution in [0.1, 0.15) is 13.8 Å². The average Bonchev–Trinajstić information content (AvgIpc) is 2.97. The van der Waals surface area contributed by atoms with E-state index in [-0.39, 0.29) is 18.8 Å². The number of amides is 1. The Hall–Kier alpha value is -2.88. The number of rotatable bonds is 4. The number of likely N-dealkylation sites (N-methyl/N-ethyl adjacent to an activating group) is 1. The van der Waals surface area contributed by atoms with Crippen molar-refractivity contribution in [3.63, 3.8) is 0 Å². The van der Waals surface area contributed by atoms with Crippen molar-refractivity contribution in [3.8, 4) is 0 Å². The largest absolute Gasteiger partial charge is 0.436 e. The second-order valence-corrected chi connectivity index (χ2v) is 7.14. The smallest absolute Gasteiger partial charge is 0.410 e. The number of carbonyl (C=O) groups is 1. The van der Waals surface area contributed by atoms with Crippen molar-refractivity contribution < 1.29 is 19.6 Å². The van der Waals surface area contributed by atoms with Crippen molar-refractivity contribution >= 4 is 22.8 Å². The van der Waals surface area contributed by atoms with E-state index in [0.717, 1.165) is 0 Å². The van der Waals surface area contributed by atoms with Crippen LogP contribution >= 0.6 is 0 Å². The van der Waals surface area contributed by atoms with Crippen LogP contribution < -0.4 is 5.69 Å². The van der Waals surface area contributed by atoms with Crippen LogP contribution in [0.25, 0.3) is 11.0 Å². The molecule has 1 atom stereocenters. The van der Waals surface area contributed by atoms with Crippen LogP contribution in [0.2, 0.25) is 0 Å². The molecule has 1 fully saturated rings. The molecular formula is C16H20N4O6. The van der Waals surface area contributed by atoms with Gasteiger partial charge in [0.15, 0.2) is 5.60 Å². The molecule has 0 radical (unpaired) electrons. The number of cyclic esters (lactones) is 1. The molecule has 2 heterocycles. The first kappa shape index (κ1) is 17.9. The maximum absolute atomic E-state index is 12.7. The minimum absolute atomic E-state index is 0.0765. The van der Waals surface area contributed by atoms with Gasteiger partial charge in [-0.3, -0.25) is 19.2 Å². The van der Waals surface area contributed by atoms with Crippen LogP contribution in [0.15, 0.2) is 23.0 Å². The van der Waals surface area contributed by atoms with E-state index in [1.54, 1.807) is 7.05 Å². The lowest BCUT2D eigenvalue weighted by molar-refractivity contribution is -0.384. The molecule has 0 bridgehead atoms. The van der Waals surface area contributed by atoms with E-state index < -0.39 is 27.9 Å². The molecule has 1 aromatic carbocycles. The summed E-state index contributed by atoms with van der Waals surface area (Å²) < 4.78 is 8.11. The van der Waals surface area contributed by atoms with Gasteiger partial charge < -0.3 is 14.7 Å². The third kappa shape index (κ3) is 2.53. The molecule has 10 nitrogen and oxygen atoms in total. The van der Waals surface area contributed by atoms with Crippen molar-refractivity contribution in [1.29, 1.82) is 0 Å². The number of aromatic nitrogens is 2. The van der Waals surface area contributed by atoms with E-state index in [4.69, 9.17) is 4.74 Å². The summed E-state index contributed by atoms with van der Waals surface area (Å²) in [6.45, 7) is 2.94. The molecule has 1 unspecified atom stereocenters. The van der Waals surface area contributed by atoms with E-state index in [1.807, 2.05) is 0 Å². The maximum atomic E-state index is 12.7. The Morgan fingerprint density at radius 3 is 2.46 bits per heavy atom. The number of aryl methyl sites for hydroxylation is 1. The second kappa shape index (κ2) is 5.56. The molecule has 1 N–H and O–H groups in total. The number of carbonyl (C=O) groups excluding carboxylic acids is 1. The Labute approximate surface area is 148 Å². The molecular weight excluding hydrogens is 344 g/mol. The van der Waals surface area contributed by atoms with Gasteiger partial charge >= 0.3 is 11.8 Å². The van der Waals surface area contributed by atoms with Crippen LogP contribution in [0.3, 0.4) is 0 Å². The van der Waals surface area contributed by atoms with Crippen molar-refractivity contribution in [3.05, 3.63) is 38.8 Å². The number of non-ortho nitro benzene ring substituents is 1. The number of nitro groups is 1. The Morgan fingerprint density at radius 2 is 1.96 bits per heavy atom. The number of nitro benzene ring substituents is 1. The molecule has 3 rings (SSSR count). The highest BCUT2D eigenvalue weighted by molar-refractivity contribution is 5.79.